The molecule has 2 aromatic rings. The van der Waals surface area contributed by atoms with Crippen LogP contribution in [0.1, 0.15) is 23.0 Å². The molecule has 0 aliphatic rings. The van der Waals surface area contributed by atoms with Gasteiger partial charge in [-0.05, 0) is 25.5 Å². The lowest BCUT2D eigenvalue weighted by molar-refractivity contribution is -0.136. The van der Waals surface area contributed by atoms with Gasteiger partial charge in [0.1, 0.15) is 30.4 Å². The Bertz CT molecular complexity index is 629. The van der Waals surface area contributed by atoms with Crippen molar-refractivity contribution in [3.8, 4) is 5.75 Å². The highest BCUT2D eigenvalue weighted by molar-refractivity contribution is 5.68. The average molecular weight is 273 g/mol. The third-order valence-corrected chi connectivity index (χ3v) is 2.60. The fourth-order valence-electron chi connectivity index (χ4n) is 1.74. The van der Waals surface area contributed by atoms with E-state index in [4.69, 9.17) is 9.84 Å². The Morgan fingerprint density at radius 2 is 1.85 bits per heavy atom. The van der Waals surface area contributed by atoms with E-state index >= 15 is 0 Å². The van der Waals surface area contributed by atoms with E-state index in [0.717, 1.165) is 11.3 Å². The number of ether oxygens (including phenoxy) is 1. The van der Waals surface area contributed by atoms with Gasteiger partial charge >= 0.3 is 5.97 Å². The van der Waals surface area contributed by atoms with E-state index < -0.39 is 5.97 Å². The molecule has 0 amide bonds. The maximum absolute atomic E-state index is 10.7. The number of carbonyl (C=O) groups is 1. The standard InChI is InChI=1S/C14H15N3O3/c1-9-5-3-4-6-11(9)20-8-13-16-10(2)15-12(17-13)7-14(18)19/h3-6H,7-8H2,1-2H3,(H,18,19). The Kier molecular flexibility index (Phi) is 4.24. The molecule has 0 fully saturated rings. The average Bonchev–Trinajstić information content (AvgIpc) is 2.36. The van der Waals surface area contributed by atoms with Crippen LogP contribution in [0.5, 0.6) is 5.75 Å². The van der Waals surface area contributed by atoms with Crippen molar-refractivity contribution >= 4 is 5.97 Å². The molecule has 0 saturated carbocycles. The Hall–Kier alpha value is -2.50. The SMILES string of the molecule is Cc1nc(COc2ccccc2C)nc(CC(=O)O)n1. The molecule has 1 aromatic heterocycles. The fourth-order valence-corrected chi connectivity index (χ4v) is 1.74. The van der Waals surface area contributed by atoms with Crippen LogP contribution in [0.25, 0.3) is 0 Å². The topological polar surface area (TPSA) is 85.2 Å². The maximum Gasteiger partial charge on any atom is 0.311 e. The smallest absolute Gasteiger partial charge is 0.311 e. The molecule has 6 nitrogen and oxygen atoms in total. The Labute approximate surface area is 116 Å². The van der Waals surface area contributed by atoms with E-state index in [1.54, 1.807) is 6.92 Å². The Balaban J connectivity index is 2.11. The number of nitrogens with zero attached hydrogens (tertiary/aromatic N) is 3. The minimum atomic E-state index is -0.971. The monoisotopic (exact) mass is 273 g/mol. The maximum atomic E-state index is 10.7. The van der Waals surface area contributed by atoms with Crippen LogP contribution in [-0.4, -0.2) is 26.0 Å². The summed E-state index contributed by atoms with van der Waals surface area (Å²) in [4.78, 5) is 22.9. The minimum absolute atomic E-state index is 0.181. The first kappa shape index (κ1) is 13.9. The molecular weight excluding hydrogens is 258 g/mol. The molecule has 0 aliphatic heterocycles. The van der Waals surface area contributed by atoms with Gasteiger partial charge in [0.15, 0.2) is 5.82 Å². The van der Waals surface area contributed by atoms with Crippen LogP contribution < -0.4 is 4.74 Å². The molecule has 0 radical (unpaired) electrons. The molecule has 1 heterocycles. The van der Waals surface area contributed by atoms with Crippen molar-refractivity contribution < 1.29 is 14.6 Å². The minimum Gasteiger partial charge on any atom is -0.485 e. The first-order chi connectivity index (χ1) is 9.54. The van der Waals surface area contributed by atoms with Crippen LogP contribution >= 0.6 is 0 Å². The van der Waals surface area contributed by atoms with Gasteiger partial charge in [0.05, 0.1) is 0 Å². The van der Waals surface area contributed by atoms with Crippen molar-refractivity contribution in [2.75, 3.05) is 0 Å². The molecule has 0 bridgehead atoms. The summed E-state index contributed by atoms with van der Waals surface area (Å²) in [7, 11) is 0. The summed E-state index contributed by atoms with van der Waals surface area (Å²) in [5.41, 5.74) is 1.02. The number of para-hydroxylation sites is 1. The van der Waals surface area contributed by atoms with E-state index in [0.29, 0.717) is 11.6 Å². The molecule has 104 valence electrons. The van der Waals surface area contributed by atoms with E-state index in [1.807, 2.05) is 31.2 Å². The second-order valence-electron chi connectivity index (χ2n) is 4.34. The highest BCUT2D eigenvalue weighted by Gasteiger charge is 2.08. The molecule has 0 aliphatic carbocycles. The zero-order valence-corrected chi connectivity index (χ0v) is 11.3. The van der Waals surface area contributed by atoms with Gasteiger partial charge in [0, 0.05) is 0 Å². The fraction of sp³-hybridized carbons (Fsp3) is 0.286. The second-order valence-corrected chi connectivity index (χ2v) is 4.34. The largest absolute Gasteiger partial charge is 0.485 e. The first-order valence-electron chi connectivity index (χ1n) is 6.15. The molecule has 1 aromatic carbocycles. The number of benzene rings is 1. The molecular formula is C14H15N3O3. The van der Waals surface area contributed by atoms with Gasteiger partial charge in [0.25, 0.3) is 0 Å². The molecule has 0 spiro atoms. The number of carboxylic acids is 1. The molecule has 0 unspecified atom stereocenters. The number of carboxylic acid groups (broad SMARTS) is 1. The summed E-state index contributed by atoms with van der Waals surface area (Å²) in [6.45, 7) is 3.83. The number of aromatic nitrogens is 3. The van der Waals surface area contributed by atoms with Crippen LogP contribution in [0.4, 0.5) is 0 Å². The predicted molar refractivity (Wildman–Crippen MR) is 71.4 cm³/mol. The van der Waals surface area contributed by atoms with Crippen LogP contribution in [0.3, 0.4) is 0 Å². The van der Waals surface area contributed by atoms with E-state index in [-0.39, 0.29) is 18.9 Å². The van der Waals surface area contributed by atoms with Gasteiger partial charge in [0.2, 0.25) is 0 Å². The lowest BCUT2D eigenvalue weighted by Gasteiger charge is -2.08. The van der Waals surface area contributed by atoms with Crippen molar-refractivity contribution in [1.82, 2.24) is 15.0 Å². The summed E-state index contributed by atoms with van der Waals surface area (Å²) in [6.07, 6.45) is -0.222. The highest BCUT2D eigenvalue weighted by atomic mass is 16.5. The second kappa shape index (κ2) is 6.10. The molecule has 20 heavy (non-hydrogen) atoms. The van der Waals surface area contributed by atoms with Gasteiger partial charge in [-0.2, -0.15) is 0 Å². The van der Waals surface area contributed by atoms with Crippen molar-refractivity contribution in [3.63, 3.8) is 0 Å². The third-order valence-electron chi connectivity index (χ3n) is 2.60. The number of aliphatic carboxylic acids is 1. The summed E-state index contributed by atoms with van der Waals surface area (Å²) in [6, 6.07) is 7.63. The zero-order chi connectivity index (χ0) is 14.5. The van der Waals surface area contributed by atoms with E-state index in [1.165, 1.54) is 0 Å². The van der Waals surface area contributed by atoms with Gasteiger partial charge in [-0.25, -0.2) is 15.0 Å². The predicted octanol–water partition coefficient (Wildman–Crippen LogP) is 1.69. The van der Waals surface area contributed by atoms with Crippen molar-refractivity contribution in [3.05, 3.63) is 47.3 Å². The summed E-state index contributed by atoms with van der Waals surface area (Å²) >= 11 is 0. The van der Waals surface area contributed by atoms with Crippen molar-refractivity contribution in [2.45, 2.75) is 26.9 Å². The zero-order valence-electron chi connectivity index (χ0n) is 11.3. The van der Waals surface area contributed by atoms with Crippen LogP contribution in [0, 0.1) is 13.8 Å². The van der Waals surface area contributed by atoms with Crippen LogP contribution in [-0.2, 0) is 17.8 Å². The van der Waals surface area contributed by atoms with Crippen molar-refractivity contribution in [1.29, 1.82) is 0 Å². The Morgan fingerprint density at radius 1 is 1.15 bits per heavy atom. The molecule has 6 heteroatoms. The van der Waals surface area contributed by atoms with Gasteiger partial charge in [-0.3, -0.25) is 4.79 Å². The first-order valence-corrected chi connectivity index (χ1v) is 6.15. The number of hydrogen-bond donors (Lipinski definition) is 1. The normalized spacial score (nSPS) is 10.3. The van der Waals surface area contributed by atoms with Gasteiger partial charge in [-0.1, -0.05) is 18.2 Å². The number of aryl methyl sites for hydroxylation is 2. The third kappa shape index (κ3) is 3.74. The Morgan fingerprint density at radius 3 is 2.55 bits per heavy atom. The molecule has 1 N–H and O–H groups in total. The van der Waals surface area contributed by atoms with Gasteiger partial charge < -0.3 is 9.84 Å². The van der Waals surface area contributed by atoms with E-state index in [2.05, 4.69) is 15.0 Å². The molecule has 0 atom stereocenters. The van der Waals surface area contributed by atoms with Crippen molar-refractivity contribution in [2.24, 2.45) is 0 Å². The highest BCUT2D eigenvalue weighted by Crippen LogP contribution is 2.17. The van der Waals surface area contributed by atoms with Crippen LogP contribution in [0.2, 0.25) is 0 Å². The summed E-state index contributed by atoms with van der Waals surface area (Å²) in [5, 5.41) is 8.76. The summed E-state index contributed by atoms with van der Waals surface area (Å²) < 4.78 is 5.64. The lowest BCUT2D eigenvalue weighted by atomic mass is 10.2. The molecule has 0 saturated heterocycles. The van der Waals surface area contributed by atoms with Crippen LogP contribution in [0.15, 0.2) is 24.3 Å². The van der Waals surface area contributed by atoms with E-state index in [9.17, 15) is 4.79 Å². The molecule has 2 rings (SSSR count). The number of rotatable bonds is 5. The van der Waals surface area contributed by atoms with Gasteiger partial charge in [-0.15, -0.1) is 0 Å². The quantitative estimate of drug-likeness (QED) is 0.892. The number of hydrogen-bond acceptors (Lipinski definition) is 5. The lowest BCUT2D eigenvalue weighted by Crippen LogP contribution is -2.11. The summed E-state index contributed by atoms with van der Waals surface area (Å²) in [5.74, 6) is 0.941.